The minimum absolute atomic E-state index is 0.552. The first kappa shape index (κ1) is 12.4. The second-order valence-electron chi connectivity index (χ2n) is 3.86. The van der Waals surface area contributed by atoms with Crippen LogP contribution in [0.3, 0.4) is 0 Å². The topological polar surface area (TPSA) is 54.5 Å². The Morgan fingerprint density at radius 2 is 2.22 bits per heavy atom. The van der Waals surface area contributed by atoms with Crippen LogP contribution in [-0.4, -0.2) is 44.2 Å². The van der Waals surface area contributed by atoms with Gasteiger partial charge in [-0.3, -0.25) is 0 Å². The summed E-state index contributed by atoms with van der Waals surface area (Å²) in [5.41, 5.74) is 0.580. The highest BCUT2D eigenvalue weighted by atomic mass is 16.5. The number of rotatable bonds is 1. The minimum Gasteiger partial charge on any atom is -0.459 e. The van der Waals surface area contributed by atoms with Gasteiger partial charge in [0.15, 0.2) is 0 Å². The van der Waals surface area contributed by atoms with Crippen LogP contribution in [-0.2, 0) is 9.53 Å². The zero-order valence-electron chi connectivity index (χ0n) is 10.3. The van der Waals surface area contributed by atoms with Crippen molar-refractivity contribution >= 4 is 11.8 Å². The van der Waals surface area contributed by atoms with Gasteiger partial charge in [0.25, 0.3) is 0 Å². The Kier molecular flexibility index (Phi) is 4.15. The van der Waals surface area contributed by atoms with Gasteiger partial charge in [0.05, 0.1) is 7.11 Å². The molecule has 0 aromatic carbocycles. The van der Waals surface area contributed by atoms with E-state index in [1.165, 1.54) is 7.11 Å². The van der Waals surface area contributed by atoms with Crippen LogP contribution >= 0.6 is 0 Å². The average molecular weight is 245 g/mol. The number of piperazine rings is 1. The smallest absolute Gasteiger partial charge is 0.384 e. The Hall–Kier alpha value is -2.06. The summed E-state index contributed by atoms with van der Waals surface area (Å²) in [6.45, 7) is 3.78. The minimum atomic E-state index is -0.552. The molecule has 94 valence electrons. The lowest BCUT2D eigenvalue weighted by molar-refractivity contribution is -0.133. The SMILES string of the molecule is COC(=O)C#Cc1cccc(N2CCNCC2)n1. The fraction of sp³-hybridized carbons (Fsp3) is 0.385. The van der Waals surface area contributed by atoms with Crippen LogP contribution in [0.1, 0.15) is 5.69 Å². The predicted octanol–water partition coefficient (Wildman–Crippen LogP) is 0.0157. The highest BCUT2D eigenvalue weighted by Crippen LogP contribution is 2.11. The molecule has 18 heavy (non-hydrogen) atoms. The fourth-order valence-electron chi connectivity index (χ4n) is 1.73. The number of hydrogen-bond acceptors (Lipinski definition) is 5. The molecule has 1 aromatic heterocycles. The van der Waals surface area contributed by atoms with Gasteiger partial charge in [0, 0.05) is 32.1 Å². The van der Waals surface area contributed by atoms with E-state index in [0.29, 0.717) is 5.69 Å². The molecular weight excluding hydrogens is 230 g/mol. The molecule has 0 amide bonds. The number of methoxy groups -OCH3 is 1. The van der Waals surface area contributed by atoms with Crippen LogP contribution < -0.4 is 10.2 Å². The summed E-state index contributed by atoms with van der Waals surface area (Å²) >= 11 is 0. The van der Waals surface area contributed by atoms with Crippen LogP contribution in [0.15, 0.2) is 18.2 Å². The Morgan fingerprint density at radius 1 is 1.44 bits per heavy atom. The molecule has 1 aromatic rings. The number of carbonyl (C=O) groups is 1. The second-order valence-corrected chi connectivity index (χ2v) is 3.86. The standard InChI is InChI=1S/C13H15N3O2/c1-18-13(17)6-5-11-3-2-4-12(15-11)16-9-7-14-8-10-16/h2-4,14H,7-10H2,1H3. The molecule has 0 aliphatic carbocycles. The van der Waals surface area contributed by atoms with Gasteiger partial charge in [-0.1, -0.05) is 6.07 Å². The highest BCUT2D eigenvalue weighted by Gasteiger charge is 2.11. The van der Waals surface area contributed by atoms with Crippen molar-refractivity contribution in [2.24, 2.45) is 0 Å². The number of ether oxygens (including phenoxy) is 1. The third-order valence-corrected chi connectivity index (χ3v) is 2.65. The molecule has 5 nitrogen and oxygen atoms in total. The van der Waals surface area contributed by atoms with Gasteiger partial charge in [0.2, 0.25) is 0 Å². The van der Waals surface area contributed by atoms with Crippen molar-refractivity contribution in [1.29, 1.82) is 0 Å². The molecule has 2 heterocycles. The van der Waals surface area contributed by atoms with E-state index in [1.807, 2.05) is 12.1 Å². The molecule has 1 N–H and O–H groups in total. The molecule has 0 atom stereocenters. The van der Waals surface area contributed by atoms with Crippen LogP contribution in [0.4, 0.5) is 5.82 Å². The summed E-state index contributed by atoms with van der Waals surface area (Å²) in [5, 5.41) is 3.29. The molecule has 1 fully saturated rings. The number of nitrogens with zero attached hydrogens (tertiary/aromatic N) is 2. The molecule has 0 bridgehead atoms. The lowest BCUT2D eigenvalue weighted by Crippen LogP contribution is -2.43. The lowest BCUT2D eigenvalue weighted by Gasteiger charge is -2.28. The second kappa shape index (κ2) is 6.03. The number of anilines is 1. The Labute approximate surface area is 106 Å². The molecule has 1 saturated heterocycles. The number of nitrogens with one attached hydrogen (secondary N) is 1. The number of carbonyl (C=O) groups excluding carboxylic acids is 1. The number of aromatic nitrogens is 1. The maximum atomic E-state index is 10.9. The Bertz CT molecular complexity index is 484. The van der Waals surface area contributed by atoms with Crippen LogP contribution in [0.25, 0.3) is 0 Å². The van der Waals surface area contributed by atoms with Crippen molar-refractivity contribution in [2.75, 3.05) is 38.2 Å². The maximum Gasteiger partial charge on any atom is 0.384 e. The number of esters is 1. The average Bonchev–Trinajstić information content (AvgIpc) is 2.46. The quantitative estimate of drug-likeness (QED) is 0.558. The van der Waals surface area contributed by atoms with Crippen LogP contribution in [0, 0.1) is 11.8 Å². The van der Waals surface area contributed by atoms with Gasteiger partial charge >= 0.3 is 5.97 Å². The van der Waals surface area contributed by atoms with Gasteiger partial charge in [-0.15, -0.1) is 0 Å². The van der Waals surface area contributed by atoms with Gasteiger partial charge in [-0.25, -0.2) is 9.78 Å². The molecule has 0 saturated carbocycles. The van der Waals surface area contributed by atoms with E-state index in [2.05, 4.69) is 31.8 Å². The summed E-state index contributed by atoms with van der Waals surface area (Å²) in [4.78, 5) is 17.5. The summed E-state index contributed by atoms with van der Waals surface area (Å²) in [5.74, 6) is 5.42. The summed E-state index contributed by atoms with van der Waals surface area (Å²) in [6.07, 6.45) is 0. The lowest BCUT2D eigenvalue weighted by atomic mass is 10.3. The van der Waals surface area contributed by atoms with E-state index >= 15 is 0 Å². The highest BCUT2D eigenvalue weighted by molar-refractivity contribution is 5.88. The van der Waals surface area contributed by atoms with Crippen molar-refractivity contribution in [2.45, 2.75) is 0 Å². The zero-order valence-corrected chi connectivity index (χ0v) is 10.3. The third kappa shape index (κ3) is 3.22. The van der Waals surface area contributed by atoms with E-state index in [1.54, 1.807) is 6.07 Å². The molecule has 0 radical (unpaired) electrons. The number of hydrogen-bond donors (Lipinski definition) is 1. The third-order valence-electron chi connectivity index (χ3n) is 2.65. The molecule has 0 unspecified atom stereocenters. The van der Waals surface area contributed by atoms with Crippen LogP contribution in [0.2, 0.25) is 0 Å². The van der Waals surface area contributed by atoms with E-state index in [4.69, 9.17) is 0 Å². The fourth-order valence-corrected chi connectivity index (χ4v) is 1.73. The molecule has 1 aliphatic heterocycles. The normalized spacial score (nSPS) is 14.6. The zero-order chi connectivity index (χ0) is 12.8. The van der Waals surface area contributed by atoms with Gasteiger partial charge in [0.1, 0.15) is 11.5 Å². The molecule has 1 aliphatic rings. The van der Waals surface area contributed by atoms with Gasteiger partial charge in [-0.2, -0.15) is 0 Å². The van der Waals surface area contributed by atoms with E-state index in [-0.39, 0.29) is 0 Å². The first-order valence-electron chi connectivity index (χ1n) is 5.82. The molecule has 2 rings (SSSR count). The van der Waals surface area contributed by atoms with E-state index in [0.717, 1.165) is 32.0 Å². The first-order valence-corrected chi connectivity index (χ1v) is 5.82. The van der Waals surface area contributed by atoms with Crippen molar-refractivity contribution in [1.82, 2.24) is 10.3 Å². The van der Waals surface area contributed by atoms with Crippen LogP contribution in [0.5, 0.6) is 0 Å². The van der Waals surface area contributed by atoms with E-state index < -0.39 is 5.97 Å². The van der Waals surface area contributed by atoms with Crippen molar-refractivity contribution in [3.05, 3.63) is 23.9 Å². The summed E-state index contributed by atoms with van der Waals surface area (Å²) in [6, 6.07) is 5.63. The molecule has 5 heteroatoms. The van der Waals surface area contributed by atoms with E-state index in [9.17, 15) is 4.79 Å². The Morgan fingerprint density at radius 3 is 2.94 bits per heavy atom. The number of pyridine rings is 1. The van der Waals surface area contributed by atoms with Crippen molar-refractivity contribution in [3.8, 4) is 11.8 Å². The van der Waals surface area contributed by atoms with Gasteiger partial charge < -0.3 is 15.0 Å². The summed E-state index contributed by atoms with van der Waals surface area (Å²) < 4.78 is 4.46. The predicted molar refractivity (Wildman–Crippen MR) is 68.2 cm³/mol. The van der Waals surface area contributed by atoms with Gasteiger partial charge in [-0.05, 0) is 18.1 Å². The van der Waals surface area contributed by atoms with Crippen molar-refractivity contribution in [3.63, 3.8) is 0 Å². The van der Waals surface area contributed by atoms with Crippen molar-refractivity contribution < 1.29 is 9.53 Å². The monoisotopic (exact) mass is 245 g/mol. The maximum absolute atomic E-state index is 10.9. The molecular formula is C13H15N3O2. The first-order chi connectivity index (χ1) is 8.79. The largest absolute Gasteiger partial charge is 0.459 e. The Balaban J connectivity index is 2.13. The summed E-state index contributed by atoms with van der Waals surface area (Å²) in [7, 11) is 1.31. The molecule has 0 spiro atoms.